The van der Waals surface area contributed by atoms with Gasteiger partial charge >= 0.3 is 0 Å². The fourth-order valence-corrected chi connectivity index (χ4v) is 1.72. The van der Waals surface area contributed by atoms with Gasteiger partial charge in [0.05, 0.1) is 0 Å². The van der Waals surface area contributed by atoms with E-state index in [1.165, 1.54) is 11.3 Å². The maximum Gasteiger partial charge on any atom is 0.0441 e. The molecule has 0 saturated carbocycles. The van der Waals surface area contributed by atoms with Crippen molar-refractivity contribution in [1.82, 2.24) is 4.98 Å². The predicted molar refractivity (Wildman–Crippen MR) is 77.7 cm³/mol. The van der Waals surface area contributed by atoms with Crippen LogP contribution < -0.4 is 4.90 Å². The number of hydrogen-bond acceptors (Lipinski definition) is 2. The third-order valence-electron chi connectivity index (χ3n) is 2.77. The van der Waals surface area contributed by atoms with Crippen LogP contribution in [-0.4, -0.2) is 19.1 Å². The lowest BCUT2D eigenvalue weighted by Crippen LogP contribution is -2.07. The summed E-state index contributed by atoms with van der Waals surface area (Å²) in [6, 6.07) is 14.5. The van der Waals surface area contributed by atoms with Crippen molar-refractivity contribution in [2.75, 3.05) is 19.0 Å². The van der Waals surface area contributed by atoms with Crippen molar-refractivity contribution in [3.63, 3.8) is 0 Å². The molecule has 1 aromatic carbocycles. The summed E-state index contributed by atoms with van der Waals surface area (Å²) in [6.45, 7) is 0. The van der Waals surface area contributed by atoms with E-state index in [1.807, 2.05) is 38.5 Å². The highest BCUT2D eigenvalue weighted by atomic mass is 15.1. The van der Waals surface area contributed by atoms with Crippen LogP contribution in [0.2, 0.25) is 0 Å². The minimum atomic E-state index is 0.871. The van der Waals surface area contributed by atoms with Gasteiger partial charge in [0.15, 0.2) is 0 Å². The SMILES string of the molecule is CN(C)c1ccc(C=CCc2ccccn2)cc1. The molecule has 0 amide bonds. The molecule has 0 aliphatic rings. The Hall–Kier alpha value is -2.09. The topological polar surface area (TPSA) is 16.1 Å². The predicted octanol–water partition coefficient (Wildman–Crippen LogP) is 3.40. The van der Waals surface area contributed by atoms with Gasteiger partial charge in [-0.05, 0) is 29.8 Å². The molecule has 1 heterocycles. The van der Waals surface area contributed by atoms with E-state index in [-0.39, 0.29) is 0 Å². The lowest BCUT2D eigenvalue weighted by molar-refractivity contribution is 1.11. The minimum absolute atomic E-state index is 0.871. The number of aromatic nitrogens is 1. The van der Waals surface area contributed by atoms with Crippen LogP contribution in [0.5, 0.6) is 0 Å². The molecule has 0 bridgehead atoms. The number of nitrogens with zero attached hydrogens (tertiary/aromatic N) is 2. The van der Waals surface area contributed by atoms with Crippen LogP contribution in [-0.2, 0) is 6.42 Å². The summed E-state index contributed by atoms with van der Waals surface area (Å²) in [7, 11) is 4.10. The van der Waals surface area contributed by atoms with Crippen molar-refractivity contribution in [3.8, 4) is 0 Å². The fraction of sp³-hybridized carbons (Fsp3) is 0.188. The van der Waals surface area contributed by atoms with Gasteiger partial charge in [-0.15, -0.1) is 0 Å². The van der Waals surface area contributed by atoms with Crippen LogP contribution >= 0.6 is 0 Å². The summed E-state index contributed by atoms with van der Waals surface area (Å²) >= 11 is 0. The zero-order valence-corrected chi connectivity index (χ0v) is 10.9. The van der Waals surface area contributed by atoms with Gasteiger partial charge in [0.25, 0.3) is 0 Å². The van der Waals surface area contributed by atoms with Gasteiger partial charge in [-0.3, -0.25) is 4.98 Å². The molecule has 0 radical (unpaired) electrons. The molecule has 0 unspecified atom stereocenters. The van der Waals surface area contributed by atoms with E-state index in [2.05, 4.69) is 46.3 Å². The molecule has 0 N–H and O–H groups in total. The molecule has 2 rings (SSSR count). The van der Waals surface area contributed by atoms with Gasteiger partial charge in [0, 0.05) is 38.1 Å². The van der Waals surface area contributed by atoms with Gasteiger partial charge in [-0.2, -0.15) is 0 Å². The maximum atomic E-state index is 4.29. The van der Waals surface area contributed by atoms with Crippen LogP contribution in [0.1, 0.15) is 11.3 Å². The average molecular weight is 238 g/mol. The highest BCUT2D eigenvalue weighted by Gasteiger charge is 1.93. The second kappa shape index (κ2) is 6.01. The van der Waals surface area contributed by atoms with Crippen molar-refractivity contribution in [1.29, 1.82) is 0 Å². The molecule has 2 heteroatoms. The van der Waals surface area contributed by atoms with Crippen LogP contribution in [0.15, 0.2) is 54.7 Å². The quantitative estimate of drug-likeness (QED) is 0.811. The summed E-state index contributed by atoms with van der Waals surface area (Å²) in [6.07, 6.45) is 6.98. The Morgan fingerprint density at radius 3 is 2.44 bits per heavy atom. The van der Waals surface area contributed by atoms with Crippen LogP contribution in [0, 0.1) is 0 Å². The monoisotopic (exact) mass is 238 g/mol. The van der Waals surface area contributed by atoms with E-state index >= 15 is 0 Å². The molecule has 0 aliphatic carbocycles. The third kappa shape index (κ3) is 3.45. The normalized spacial score (nSPS) is 10.8. The van der Waals surface area contributed by atoms with Gasteiger partial charge < -0.3 is 4.90 Å². The molecule has 18 heavy (non-hydrogen) atoms. The second-order valence-electron chi connectivity index (χ2n) is 4.41. The van der Waals surface area contributed by atoms with Crippen LogP contribution in [0.3, 0.4) is 0 Å². The Morgan fingerprint density at radius 1 is 1.06 bits per heavy atom. The van der Waals surface area contributed by atoms with E-state index in [0.717, 1.165) is 12.1 Å². The minimum Gasteiger partial charge on any atom is -0.378 e. The lowest BCUT2D eigenvalue weighted by atomic mass is 10.1. The van der Waals surface area contributed by atoms with E-state index in [9.17, 15) is 0 Å². The number of allylic oxidation sites excluding steroid dienone is 1. The summed E-state index contributed by atoms with van der Waals surface area (Å²) in [5.74, 6) is 0. The first-order chi connectivity index (χ1) is 8.75. The maximum absolute atomic E-state index is 4.29. The molecule has 0 atom stereocenters. The fourth-order valence-electron chi connectivity index (χ4n) is 1.72. The molecule has 2 nitrogen and oxygen atoms in total. The van der Waals surface area contributed by atoms with Gasteiger partial charge in [-0.25, -0.2) is 0 Å². The van der Waals surface area contributed by atoms with Crippen molar-refractivity contribution in [2.24, 2.45) is 0 Å². The molecule has 0 spiro atoms. The molecular formula is C16H18N2. The van der Waals surface area contributed by atoms with Crippen LogP contribution in [0.4, 0.5) is 5.69 Å². The Bertz CT molecular complexity index is 498. The second-order valence-corrected chi connectivity index (χ2v) is 4.41. The first-order valence-electron chi connectivity index (χ1n) is 6.09. The van der Waals surface area contributed by atoms with Gasteiger partial charge in [0.1, 0.15) is 0 Å². The zero-order valence-electron chi connectivity index (χ0n) is 10.9. The molecular weight excluding hydrogens is 220 g/mol. The van der Waals surface area contributed by atoms with E-state index in [0.29, 0.717) is 0 Å². The largest absolute Gasteiger partial charge is 0.378 e. The number of anilines is 1. The van der Waals surface area contributed by atoms with Crippen molar-refractivity contribution in [2.45, 2.75) is 6.42 Å². The Morgan fingerprint density at radius 2 is 1.83 bits per heavy atom. The smallest absolute Gasteiger partial charge is 0.0441 e. The van der Waals surface area contributed by atoms with E-state index < -0.39 is 0 Å². The van der Waals surface area contributed by atoms with E-state index in [4.69, 9.17) is 0 Å². The highest BCUT2D eigenvalue weighted by Crippen LogP contribution is 2.13. The molecule has 0 aliphatic heterocycles. The van der Waals surface area contributed by atoms with Crippen molar-refractivity contribution >= 4 is 11.8 Å². The lowest BCUT2D eigenvalue weighted by Gasteiger charge is -2.11. The molecule has 1 aromatic heterocycles. The van der Waals surface area contributed by atoms with Gasteiger partial charge in [-0.1, -0.05) is 30.4 Å². The van der Waals surface area contributed by atoms with Crippen molar-refractivity contribution < 1.29 is 0 Å². The van der Waals surface area contributed by atoms with Gasteiger partial charge in [0.2, 0.25) is 0 Å². The van der Waals surface area contributed by atoms with Crippen LogP contribution in [0.25, 0.3) is 6.08 Å². The summed E-state index contributed by atoms with van der Waals surface area (Å²) < 4.78 is 0. The van der Waals surface area contributed by atoms with Crippen molar-refractivity contribution in [3.05, 3.63) is 66.0 Å². The third-order valence-corrected chi connectivity index (χ3v) is 2.77. The Labute approximate surface area is 109 Å². The summed E-state index contributed by atoms with van der Waals surface area (Å²) in [4.78, 5) is 6.39. The van der Waals surface area contributed by atoms with E-state index in [1.54, 1.807) is 0 Å². The molecule has 92 valence electrons. The molecule has 2 aromatic rings. The molecule has 0 saturated heterocycles. The highest BCUT2D eigenvalue weighted by molar-refractivity contribution is 5.55. The average Bonchev–Trinajstić information content (AvgIpc) is 2.40. The Kier molecular flexibility index (Phi) is 4.13. The number of hydrogen-bond donors (Lipinski definition) is 0. The first kappa shape index (κ1) is 12.4. The number of pyridine rings is 1. The molecule has 0 fully saturated rings. The standard InChI is InChI=1S/C16H18N2/c1-18(2)16-11-9-14(10-12-16)6-5-8-15-7-3-4-13-17-15/h3-7,9-13H,8H2,1-2H3. The number of benzene rings is 1. The number of rotatable bonds is 4. The Balaban J connectivity index is 1.97. The first-order valence-corrected chi connectivity index (χ1v) is 6.09. The zero-order chi connectivity index (χ0) is 12.8. The summed E-state index contributed by atoms with van der Waals surface area (Å²) in [5, 5.41) is 0. The summed E-state index contributed by atoms with van der Waals surface area (Å²) in [5.41, 5.74) is 3.53.